The Balaban J connectivity index is 1.35. The van der Waals surface area contributed by atoms with Crippen LogP contribution in [0.5, 0.6) is 0 Å². The second-order valence-corrected chi connectivity index (χ2v) is 8.25. The molecule has 0 saturated carbocycles. The molecule has 10 heteroatoms. The molecule has 0 aliphatic carbocycles. The number of benzene rings is 2. The third-order valence-corrected chi connectivity index (χ3v) is 5.94. The zero-order valence-corrected chi connectivity index (χ0v) is 18.3. The lowest BCUT2D eigenvalue weighted by atomic mass is 9.99. The first-order valence-corrected chi connectivity index (χ1v) is 11.2. The maximum atomic E-state index is 10.1. The fourth-order valence-electron chi connectivity index (χ4n) is 4.11. The minimum atomic E-state index is -1.47. The van der Waals surface area contributed by atoms with Crippen molar-refractivity contribution in [1.29, 1.82) is 0 Å². The SMILES string of the molecule is OC[C@H]1O[C@@H](OCCCc2nn(-c3ccccc3)c3nc4ccccc4nc23)[C@H](O)[C@@H](O)[C@@H]1O. The zero-order valence-electron chi connectivity index (χ0n) is 18.3. The fraction of sp³-hybridized carbons (Fsp3) is 0.375. The van der Waals surface area contributed by atoms with Gasteiger partial charge in [0.15, 0.2) is 11.9 Å². The Hall–Kier alpha value is -2.99. The fourth-order valence-corrected chi connectivity index (χ4v) is 4.11. The van der Waals surface area contributed by atoms with Crippen molar-refractivity contribution >= 4 is 22.2 Å². The smallest absolute Gasteiger partial charge is 0.186 e. The van der Waals surface area contributed by atoms with Crippen LogP contribution in [0.25, 0.3) is 27.9 Å². The van der Waals surface area contributed by atoms with Crippen LogP contribution >= 0.6 is 0 Å². The van der Waals surface area contributed by atoms with E-state index >= 15 is 0 Å². The molecule has 5 atom stereocenters. The van der Waals surface area contributed by atoms with Gasteiger partial charge in [-0.2, -0.15) is 5.10 Å². The van der Waals surface area contributed by atoms with Crippen LogP contribution in [0.4, 0.5) is 0 Å². The summed E-state index contributed by atoms with van der Waals surface area (Å²) in [6.07, 6.45) is -5.40. The minimum Gasteiger partial charge on any atom is -0.394 e. The van der Waals surface area contributed by atoms with E-state index in [1.165, 1.54) is 0 Å². The summed E-state index contributed by atoms with van der Waals surface area (Å²) in [5.74, 6) is 0. The standard InChI is InChI=1S/C24H26N4O6/c29-13-18-20(30)21(31)22(32)24(34-18)33-12-6-11-17-19-23(26-16-10-5-4-9-15(16)25-19)28(27-17)14-7-2-1-3-8-14/h1-5,7-10,18,20-22,24,29-32H,6,11-13H2/t18-,20-,21+,22-,24-/m1/s1. The van der Waals surface area contributed by atoms with E-state index in [0.29, 0.717) is 24.0 Å². The van der Waals surface area contributed by atoms with E-state index < -0.39 is 37.3 Å². The van der Waals surface area contributed by atoms with Gasteiger partial charge in [-0.1, -0.05) is 30.3 Å². The summed E-state index contributed by atoms with van der Waals surface area (Å²) in [7, 11) is 0. The molecule has 5 rings (SSSR count). The Labute approximate surface area is 195 Å². The van der Waals surface area contributed by atoms with E-state index in [1.807, 2.05) is 54.6 Å². The largest absolute Gasteiger partial charge is 0.394 e. The third-order valence-electron chi connectivity index (χ3n) is 5.94. The highest BCUT2D eigenvalue weighted by Gasteiger charge is 2.43. The molecule has 0 radical (unpaired) electrons. The predicted octanol–water partition coefficient (Wildman–Crippen LogP) is 0.718. The van der Waals surface area contributed by atoms with Gasteiger partial charge in [-0.05, 0) is 37.1 Å². The highest BCUT2D eigenvalue weighted by molar-refractivity contribution is 5.86. The Bertz CT molecular complexity index is 1260. The van der Waals surface area contributed by atoms with Gasteiger partial charge in [-0.3, -0.25) is 0 Å². The first-order chi connectivity index (χ1) is 16.6. The number of aromatic nitrogens is 4. The quantitative estimate of drug-likeness (QED) is 0.290. The molecular weight excluding hydrogens is 440 g/mol. The molecular formula is C24H26N4O6. The van der Waals surface area contributed by atoms with Crippen LogP contribution in [0, 0.1) is 0 Å². The van der Waals surface area contributed by atoms with E-state index in [0.717, 1.165) is 22.4 Å². The predicted molar refractivity (Wildman–Crippen MR) is 122 cm³/mol. The number of hydrogen-bond donors (Lipinski definition) is 4. The maximum absolute atomic E-state index is 10.1. The van der Waals surface area contributed by atoms with Gasteiger partial charge in [0.1, 0.15) is 29.9 Å². The molecule has 178 valence electrons. The van der Waals surface area contributed by atoms with Crippen molar-refractivity contribution in [3.8, 4) is 5.69 Å². The normalized spacial score (nSPS) is 25.2. The van der Waals surface area contributed by atoms with Crippen LogP contribution in [0.15, 0.2) is 54.6 Å². The van der Waals surface area contributed by atoms with E-state index in [1.54, 1.807) is 4.68 Å². The maximum Gasteiger partial charge on any atom is 0.186 e. The van der Waals surface area contributed by atoms with Crippen molar-refractivity contribution in [3.05, 3.63) is 60.3 Å². The zero-order chi connectivity index (χ0) is 23.7. The second-order valence-electron chi connectivity index (χ2n) is 8.25. The van der Waals surface area contributed by atoms with Crippen LogP contribution in [0.2, 0.25) is 0 Å². The van der Waals surface area contributed by atoms with Crippen molar-refractivity contribution in [2.45, 2.75) is 43.5 Å². The van der Waals surface area contributed by atoms with Crippen LogP contribution < -0.4 is 0 Å². The number of ether oxygens (including phenoxy) is 2. The number of rotatable bonds is 7. The number of fused-ring (bicyclic) bond motifs is 2. The molecule has 1 saturated heterocycles. The Morgan fingerprint density at radius 3 is 2.32 bits per heavy atom. The molecule has 10 nitrogen and oxygen atoms in total. The molecule has 1 aliphatic rings. The Kier molecular flexibility index (Phi) is 6.50. The molecule has 4 N–H and O–H groups in total. The summed E-state index contributed by atoms with van der Waals surface area (Å²) < 4.78 is 12.8. The molecule has 4 aromatic rings. The highest BCUT2D eigenvalue weighted by Crippen LogP contribution is 2.24. The van der Waals surface area contributed by atoms with Crippen LogP contribution in [0.1, 0.15) is 12.1 Å². The second kappa shape index (κ2) is 9.71. The molecule has 34 heavy (non-hydrogen) atoms. The van der Waals surface area contributed by atoms with Gasteiger partial charge in [-0.25, -0.2) is 14.6 Å². The number of aryl methyl sites for hydroxylation is 1. The lowest BCUT2D eigenvalue weighted by Crippen LogP contribution is -2.59. The van der Waals surface area contributed by atoms with Crippen molar-refractivity contribution in [1.82, 2.24) is 19.7 Å². The summed E-state index contributed by atoms with van der Waals surface area (Å²) in [5.41, 5.74) is 4.56. The van der Waals surface area contributed by atoms with Gasteiger partial charge < -0.3 is 29.9 Å². The van der Waals surface area contributed by atoms with E-state index in [4.69, 9.17) is 24.5 Å². The van der Waals surface area contributed by atoms with Gasteiger partial charge in [0.05, 0.1) is 35.6 Å². The average molecular weight is 466 g/mol. The topological polar surface area (TPSA) is 143 Å². The van der Waals surface area contributed by atoms with Crippen molar-refractivity contribution in [3.63, 3.8) is 0 Å². The summed E-state index contributed by atoms with van der Waals surface area (Å²) >= 11 is 0. The van der Waals surface area contributed by atoms with Crippen LogP contribution in [0.3, 0.4) is 0 Å². The Morgan fingerprint density at radius 1 is 0.882 bits per heavy atom. The van der Waals surface area contributed by atoms with Gasteiger partial charge in [0.25, 0.3) is 0 Å². The molecule has 0 amide bonds. The number of aliphatic hydroxyl groups is 4. The van der Waals surface area contributed by atoms with E-state index in [2.05, 4.69) is 0 Å². The van der Waals surface area contributed by atoms with Gasteiger partial charge in [-0.15, -0.1) is 0 Å². The minimum absolute atomic E-state index is 0.198. The van der Waals surface area contributed by atoms with Gasteiger partial charge in [0, 0.05) is 0 Å². The lowest BCUT2D eigenvalue weighted by molar-refractivity contribution is -0.301. The van der Waals surface area contributed by atoms with Gasteiger partial charge >= 0.3 is 0 Å². The monoisotopic (exact) mass is 466 g/mol. The molecule has 2 aromatic heterocycles. The number of hydrogen-bond acceptors (Lipinski definition) is 9. The molecule has 1 fully saturated rings. The average Bonchev–Trinajstić information content (AvgIpc) is 3.22. The van der Waals surface area contributed by atoms with Gasteiger partial charge in [0.2, 0.25) is 0 Å². The van der Waals surface area contributed by atoms with Crippen LogP contribution in [-0.4, -0.2) is 84.1 Å². The first kappa shape index (κ1) is 22.8. The summed E-state index contributed by atoms with van der Waals surface area (Å²) in [4.78, 5) is 9.60. The molecule has 3 heterocycles. The molecule has 0 spiro atoms. The number of aliphatic hydroxyl groups excluding tert-OH is 4. The number of para-hydroxylation sites is 3. The molecule has 0 unspecified atom stereocenters. The van der Waals surface area contributed by atoms with E-state index in [9.17, 15) is 20.4 Å². The van der Waals surface area contributed by atoms with Crippen molar-refractivity contribution in [2.24, 2.45) is 0 Å². The lowest BCUT2D eigenvalue weighted by Gasteiger charge is -2.39. The van der Waals surface area contributed by atoms with E-state index in [-0.39, 0.29) is 6.61 Å². The summed E-state index contributed by atoms with van der Waals surface area (Å²) in [6.45, 7) is -0.302. The number of nitrogens with zero attached hydrogens (tertiary/aromatic N) is 4. The molecule has 2 aromatic carbocycles. The first-order valence-electron chi connectivity index (χ1n) is 11.2. The van der Waals surface area contributed by atoms with Crippen LogP contribution in [-0.2, 0) is 15.9 Å². The highest BCUT2D eigenvalue weighted by atomic mass is 16.7. The van der Waals surface area contributed by atoms with Crippen molar-refractivity contribution in [2.75, 3.05) is 13.2 Å². The molecule has 1 aliphatic heterocycles. The van der Waals surface area contributed by atoms with Crippen molar-refractivity contribution < 1.29 is 29.9 Å². The summed E-state index contributed by atoms with van der Waals surface area (Å²) in [6, 6.07) is 17.4. The Morgan fingerprint density at radius 2 is 1.59 bits per heavy atom. The third kappa shape index (κ3) is 4.27. The summed E-state index contributed by atoms with van der Waals surface area (Å²) in [5, 5.41) is 44.0. The molecule has 0 bridgehead atoms.